The van der Waals surface area contributed by atoms with Gasteiger partial charge in [-0.1, -0.05) is 0 Å². The SMILES string of the molecule is CC(=O)NCCN=C1NC(=O)C(=O)N1. The molecule has 7 nitrogen and oxygen atoms in total. The summed E-state index contributed by atoms with van der Waals surface area (Å²) in [5.74, 6) is -1.46. The van der Waals surface area contributed by atoms with Crippen molar-refractivity contribution in [1.82, 2.24) is 16.0 Å². The van der Waals surface area contributed by atoms with Crippen molar-refractivity contribution in [3.63, 3.8) is 0 Å². The summed E-state index contributed by atoms with van der Waals surface area (Å²) in [4.78, 5) is 35.6. The fraction of sp³-hybridized carbons (Fsp3) is 0.429. The van der Waals surface area contributed by atoms with Gasteiger partial charge in [0, 0.05) is 13.5 Å². The van der Waals surface area contributed by atoms with E-state index in [1.165, 1.54) is 6.92 Å². The third-order valence-corrected chi connectivity index (χ3v) is 1.43. The zero-order valence-electron chi connectivity index (χ0n) is 7.59. The number of nitrogens with one attached hydrogen (secondary N) is 3. The van der Waals surface area contributed by atoms with Gasteiger partial charge in [0.15, 0.2) is 0 Å². The van der Waals surface area contributed by atoms with E-state index in [2.05, 4.69) is 20.9 Å². The van der Waals surface area contributed by atoms with Crippen LogP contribution in [0.15, 0.2) is 4.99 Å². The van der Waals surface area contributed by atoms with Gasteiger partial charge in [0.1, 0.15) is 0 Å². The standard InChI is InChI=1S/C7H10N4O3/c1-4(12)8-2-3-9-7-10-5(13)6(14)11-7/h2-3H2,1H3,(H,8,12)(H2,9,10,11,13,14). The van der Waals surface area contributed by atoms with Crippen molar-refractivity contribution in [3.05, 3.63) is 0 Å². The number of aliphatic imine (C=N–C) groups is 1. The molecule has 0 spiro atoms. The van der Waals surface area contributed by atoms with Gasteiger partial charge in [0.25, 0.3) is 0 Å². The molecule has 1 rings (SSSR count). The van der Waals surface area contributed by atoms with Crippen LogP contribution in [0.3, 0.4) is 0 Å². The minimum absolute atomic E-state index is 0.130. The molecule has 7 heteroatoms. The van der Waals surface area contributed by atoms with Crippen LogP contribution in [0.2, 0.25) is 0 Å². The maximum Gasteiger partial charge on any atom is 0.316 e. The normalized spacial score (nSPS) is 14.8. The summed E-state index contributed by atoms with van der Waals surface area (Å²) in [6.45, 7) is 2.06. The van der Waals surface area contributed by atoms with Crippen LogP contribution in [-0.2, 0) is 14.4 Å². The van der Waals surface area contributed by atoms with E-state index in [-0.39, 0.29) is 11.9 Å². The molecular formula is C7H10N4O3. The van der Waals surface area contributed by atoms with Crippen molar-refractivity contribution in [3.8, 4) is 0 Å². The highest BCUT2D eigenvalue weighted by atomic mass is 16.2. The molecule has 0 bridgehead atoms. The number of guanidine groups is 1. The maximum absolute atomic E-state index is 10.7. The van der Waals surface area contributed by atoms with Gasteiger partial charge in [-0.25, -0.2) is 0 Å². The molecule has 0 saturated carbocycles. The van der Waals surface area contributed by atoms with Crippen molar-refractivity contribution in [2.75, 3.05) is 13.1 Å². The van der Waals surface area contributed by atoms with Crippen molar-refractivity contribution in [2.45, 2.75) is 6.92 Å². The molecule has 0 aromatic rings. The van der Waals surface area contributed by atoms with Gasteiger partial charge < -0.3 is 5.32 Å². The molecule has 76 valence electrons. The van der Waals surface area contributed by atoms with Crippen LogP contribution >= 0.6 is 0 Å². The molecule has 0 aromatic carbocycles. The Bertz CT molecular complexity index is 292. The number of amides is 3. The van der Waals surface area contributed by atoms with E-state index >= 15 is 0 Å². The van der Waals surface area contributed by atoms with Gasteiger partial charge in [-0.3, -0.25) is 30.0 Å². The monoisotopic (exact) mass is 198 g/mol. The Morgan fingerprint density at radius 3 is 2.43 bits per heavy atom. The van der Waals surface area contributed by atoms with Gasteiger partial charge >= 0.3 is 11.8 Å². The summed E-state index contributed by atoms with van der Waals surface area (Å²) in [6, 6.07) is 0. The van der Waals surface area contributed by atoms with Crippen LogP contribution in [0, 0.1) is 0 Å². The Morgan fingerprint density at radius 1 is 1.36 bits per heavy atom. The lowest BCUT2D eigenvalue weighted by Crippen LogP contribution is -2.28. The predicted octanol–water partition coefficient (Wildman–Crippen LogP) is -2.28. The van der Waals surface area contributed by atoms with Gasteiger partial charge in [-0.15, -0.1) is 0 Å². The number of nitrogens with zero attached hydrogens (tertiary/aromatic N) is 1. The van der Waals surface area contributed by atoms with E-state index in [1.54, 1.807) is 0 Å². The zero-order valence-corrected chi connectivity index (χ0v) is 7.59. The number of carbonyl (C=O) groups excluding carboxylic acids is 3. The number of rotatable bonds is 3. The first-order valence-corrected chi connectivity index (χ1v) is 4.01. The van der Waals surface area contributed by atoms with Crippen molar-refractivity contribution < 1.29 is 14.4 Å². The Kier molecular flexibility index (Phi) is 3.16. The fourth-order valence-electron chi connectivity index (χ4n) is 0.839. The summed E-state index contributed by atoms with van der Waals surface area (Å²) in [7, 11) is 0. The summed E-state index contributed by atoms with van der Waals surface area (Å²) < 4.78 is 0. The molecule has 1 fully saturated rings. The van der Waals surface area contributed by atoms with Crippen LogP contribution in [-0.4, -0.2) is 36.8 Å². The lowest BCUT2D eigenvalue weighted by atomic mass is 10.6. The van der Waals surface area contributed by atoms with E-state index < -0.39 is 11.8 Å². The molecule has 0 unspecified atom stereocenters. The molecule has 1 aliphatic heterocycles. The van der Waals surface area contributed by atoms with E-state index in [0.717, 1.165) is 0 Å². The molecule has 0 radical (unpaired) electrons. The Hall–Kier alpha value is -1.92. The average Bonchev–Trinajstić information content (AvgIpc) is 2.40. The molecule has 1 saturated heterocycles. The molecule has 1 aliphatic rings. The molecule has 14 heavy (non-hydrogen) atoms. The zero-order chi connectivity index (χ0) is 10.6. The van der Waals surface area contributed by atoms with Crippen molar-refractivity contribution in [1.29, 1.82) is 0 Å². The molecule has 1 heterocycles. The molecule has 3 N–H and O–H groups in total. The first-order chi connectivity index (χ1) is 6.59. The van der Waals surface area contributed by atoms with Crippen LogP contribution < -0.4 is 16.0 Å². The molecule has 0 atom stereocenters. The fourth-order valence-corrected chi connectivity index (χ4v) is 0.839. The Labute approximate surface area is 80.0 Å². The summed E-state index contributed by atoms with van der Waals surface area (Å²) >= 11 is 0. The number of hydrogen-bond acceptors (Lipinski definition) is 4. The Morgan fingerprint density at radius 2 is 1.93 bits per heavy atom. The number of hydrogen-bond donors (Lipinski definition) is 3. The maximum atomic E-state index is 10.7. The average molecular weight is 198 g/mol. The summed E-state index contributed by atoms with van der Waals surface area (Å²) in [6.07, 6.45) is 0. The molecule has 3 amide bonds. The quantitative estimate of drug-likeness (QED) is 0.352. The Balaban J connectivity index is 2.29. The lowest BCUT2D eigenvalue weighted by Gasteiger charge is -1.98. The van der Waals surface area contributed by atoms with Crippen LogP contribution in [0.5, 0.6) is 0 Å². The van der Waals surface area contributed by atoms with Gasteiger partial charge in [-0.2, -0.15) is 0 Å². The largest absolute Gasteiger partial charge is 0.354 e. The molecular weight excluding hydrogens is 188 g/mol. The molecule has 0 aromatic heterocycles. The number of carbonyl (C=O) groups is 3. The second-order valence-corrected chi connectivity index (χ2v) is 2.62. The minimum atomic E-state index is -0.719. The van der Waals surface area contributed by atoms with Gasteiger partial charge in [0.05, 0.1) is 6.54 Å². The van der Waals surface area contributed by atoms with E-state index in [0.29, 0.717) is 13.1 Å². The second-order valence-electron chi connectivity index (χ2n) is 2.62. The third kappa shape index (κ3) is 2.85. The van der Waals surface area contributed by atoms with E-state index in [4.69, 9.17) is 0 Å². The third-order valence-electron chi connectivity index (χ3n) is 1.43. The highest BCUT2D eigenvalue weighted by molar-refractivity contribution is 6.45. The smallest absolute Gasteiger partial charge is 0.316 e. The van der Waals surface area contributed by atoms with E-state index in [9.17, 15) is 14.4 Å². The van der Waals surface area contributed by atoms with Crippen LogP contribution in [0.4, 0.5) is 0 Å². The first kappa shape index (κ1) is 10.2. The van der Waals surface area contributed by atoms with Crippen LogP contribution in [0.1, 0.15) is 6.92 Å². The highest BCUT2D eigenvalue weighted by Crippen LogP contribution is 1.82. The highest BCUT2D eigenvalue weighted by Gasteiger charge is 2.24. The minimum Gasteiger partial charge on any atom is -0.354 e. The van der Waals surface area contributed by atoms with Gasteiger partial charge in [-0.05, 0) is 0 Å². The summed E-state index contributed by atoms with van der Waals surface area (Å²) in [5.41, 5.74) is 0. The van der Waals surface area contributed by atoms with Crippen LogP contribution in [0.25, 0.3) is 0 Å². The summed E-state index contributed by atoms with van der Waals surface area (Å²) in [5, 5.41) is 6.98. The van der Waals surface area contributed by atoms with Crippen molar-refractivity contribution >= 4 is 23.7 Å². The van der Waals surface area contributed by atoms with E-state index in [1.807, 2.05) is 0 Å². The lowest BCUT2D eigenvalue weighted by molar-refractivity contribution is -0.135. The first-order valence-electron chi connectivity index (χ1n) is 4.01. The molecule has 0 aliphatic carbocycles. The van der Waals surface area contributed by atoms with Gasteiger partial charge in [0.2, 0.25) is 11.9 Å². The van der Waals surface area contributed by atoms with Crippen molar-refractivity contribution in [2.24, 2.45) is 4.99 Å². The predicted molar refractivity (Wildman–Crippen MR) is 47.3 cm³/mol. The topological polar surface area (TPSA) is 99.7 Å². The second kappa shape index (κ2) is 4.35.